The fourth-order valence-corrected chi connectivity index (χ4v) is 2.47. The summed E-state index contributed by atoms with van der Waals surface area (Å²) in [5, 5.41) is 7.41. The highest BCUT2D eigenvalue weighted by molar-refractivity contribution is 5.94. The monoisotopic (exact) mass is 314 g/mol. The van der Waals surface area contributed by atoms with Crippen LogP contribution in [0, 0.1) is 13.8 Å². The first-order valence-electron chi connectivity index (χ1n) is 7.98. The smallest absolute Gasteiger partial charge is 0.251 e. The normalized spacial score (nSPS) is 11.0. The number of amides is 1. The Hall–Kier alpha value is -2.14. The Balaban J connectivity index is 1.88. The van der Waals surface area contributed by atoms with Crippen LogP contribution in [0.15, 0.2) is 30.3 Å². The summed E-state index contributed by atoms with van der Waals surface area (Å²) >= 11 is 0. The van der Waals surface area contributed by atoms with E-state index in [1.54, 1.807) is 0 Å². The maximum Gasteiger partial charge on any atom is 0.251 e. The van der Waals surface area contributed by atoms with Crippen LogP contribution in [-0.2, 0) is 6.54 Å². The van der Waals surface area contributed by atoms with Gasteiger partial charge in [-0.2, -0.15) is 5.10 Å². The minimum Gasteiger partial charge on any atom is -0.352 e. The van der Waals surface area contributed by atoms with E-state index in [0.29, 0.717) is 12.1 Å². The Kier molecular flexibility index (Phi) is 5.93. The maximum atomic E-state index is 12.1. The maximum absolute atomic E-state index is 12.1. The second-order valence-electron chi connectivity index (χ2n) is 6.19. The minimum atomic E-state index is -0.0126. The zero-order chi connectivity index (χ0) is 16.8. The number of hydrogen-bond donors (Lipinski definition) is 1. The van der Waals surface area contributed by atoms with E-state index in [2.05, 4.69) is 28.3 Å². The van der Waals surface area contributed by atoms with Crippen molar-refractivity contribution in [2.24, 2.45) is 0 Å². The van der Waals surface area contributed by atoms with E-state index in [4.69, 9.17) is 0 Å². The highest BCUT2D eigenvalue weighted by Crippen LogP contribution is 2.09. The van der Waals surface area contributed by atoms with Gasteiger partial charge < -0.3 is 10.2 Å². The number of benzene rings is 1. The van der Waals surface area contributed by atoms with Crippen LogP contribution in [0.2, 0.25) is 0 Å². The highest BCUT2D eigenvalue weighted by Gasteiger charge is 2.06. The summed E-state index contributed by atoms with van der Waals surface area (Å²) in [5.74, 6) is -0.0126. The van der Waals surface area contributed by atoms with Crippen LogP contribution in [0.25, 0.3) is 0 Å². The van der Waals surface area contributed by atoms with E-state index in [1.165, 1.54) is 0 Å². The van der Waals surface area contributed by atoms with Gasteiger partial charge in [0.2, 0.25) is 0 Å². The van der Waals surface area contributed by atoms with Gasteiger partial charge in [0.1, 0.15) is 0 Å². The molecule has 5 heteroatoms. The fourth-order valence-electron chi connectivity index (χ4n) is 2.47. The lowest BCUT2D eigenvalue weighted by Gasteiger charge is -2.10. The molecule has 0 saturated heterocycles. The van der Waals surface area contributed by atoms with Gasteiger partial charge in [-0.25, -0.2) is 0 Å². The molecule has 2 aromatic rings. The summed E-state index contributed by atoms with van der Waals surface area (Å²) in [7, 11) is 4.06. The molecule has 0 atom stereocenters. The largest absolute Gasteiger partial charge is 0.352 e. The Morgan fingerprint density at radius 3 is 2.48 bits per heavy atom. The summed E-state index contributed by atoms with van der Waals surface area (Å²) in [4.78, 5) is 14.2. The number of nitrogens with one attached hydrogen (secondary N) is 1. The molecule has 1 aromatic heterocycles. The van der Waals surface area contributed by atoms with E-state index >= 15 is 0 Å². The summed E-state index contributed by atoms with van der Waals surface area (Å²) in [6.07, 6.45) is 0.953. The van der Waals surface area contributed by atoms with Gasteiger partial charge in [-0.3, -0.25) is 9.48 Å². The van der Waals surface area contributed by atoms with Gasteiger partial charge in [0.15, 0.2) is 0 Å². The molecule has 2 rings (SSSR count). The van der Waals surface area contributed by atoms with E-state index in [-0.39, 0.29) is 5.91 Å². The fraction of sp³-hybridized carbons (Fsp3) is 0.444. The van der Waals surface area contributed by atoms with Crippen molar-refractivity contribution >= 4 is 5.91 Å². The SMILES string of the molecule is Cc1cc(C)n(Cc2ccc(C(=O)NCCCN(C)C)cc2)n1. The standard InChI is InChI=1S/C18H26N4O/c1-14-12-15(2)22(20-14)13-16-6-8-17(9-7-16)18(23)19-10-5-11-21(3)4/h6-9,12H,5,10-11,13H2,1-4H3,(H,19,23). The molecule has 0 aliphatic rings. The Morgan fingerprint density at radius 2 is 1.91 bits per heavy atom. The average Bonchev–Trinajstić information content (AvgIpc) is 2.82. The Labute approximate surface area is 138 Å². The van der Waals surface area contributed by atoms with Gasteiger partial charge in [-0.15, -0.1) is 0 Å². The van der Waals surface area contributed by atoms with Crippen molar-refractivity contribution in [3.63, 3.8) is 0 Å². The number of carbonyl (C=O) groups excluding carboxylic acids is 1. The molecular formula is C18H26N4O. The van der Waals surface area contributed by atoms with Gasteiger partial charge in [-0.1, -0.05) is 12.1 Å². The zero-order valence-corrected chi connectivity index (χ0v) is 14.5. The predicted octanol–water partition coefficient (Wildman–Crippen LogP) is 2.23. The lowest BCUT2D eigenvalue weighted by molar-refractivity contribution is 0.0952. The summed E-state index contributed by atoms with van der Waals surface area (Å²) < 4.78 is 1.98. The third kappa shape index (κ3) is 5.21. The molecule has 1 aromatic carbocycles. The molecule has 1 amide bonds. The second kappa shape index (κ2) is 7.92. The quantitative estimate of drug-likeness (QED) is 0.797. The van der Waals surface area contributed by atoms with E-state index in [0.717, 1.165) is 36.5 Å². The predicted molar refractivity (Wildman–Crippen MR) is 92.7 cm³/mol. The van der Waals surface area contributed by atoms with Crippen molar-refractivity contribution in [2.45, 2.75) is 26.8 Å². The summed E-state index contributed by atoms with van der Waals surface area (Å²) in [5.41, 5.74) is 4.01. The number of aryl methyl sites for hydroxylation is 2. The van der Waals surface area contributed by atoms with Gasteiger partial charge >= 0.3 is 0 Å². The molecule has 23 heavy (non-hydrogen) atoms. The van der Waals surface area contributed by atoms with Crippen molar-refractivity contribution in [2.75, 3.05) is 27.2 Å². The molecule has 1 N–H and O–H groups in total. The molecule has 0 saturated carbocycles. The topological polar surface area (TPSA) is 50.2 Å². The summed E-state index contributed by atoms with van der Waals surface area (Å²) in [6.45, 7) is 6.44. The van der Waals surface area contributed by atoms with E-state index in [1.807, 2.05) is 50.0 Å². The molecule has 5 nitrogen and oxygen atoms in total. The molecule has 1 heterocycles. The van der Waals surface area contributed by atoms with Crippen LogP contribution < -0.4 is 5.32 Å². The molecule has 124 valence electrons. The van der Waals surface area contributed by atoms with Gasteiger partial charge in [0.25, 0.3) is 5.91 Å². The summed E-state index contributed by atoms with van der Waals surface area (Å²) in [6, 6.07) is 9.80. The lowest BCUT2D eigenvalue weighted by atomic mass is 10.1. The van der Waals surface area contributed by atoms with Crippen molar-refractivity contribution in [1.29, 1.82) is 0 Å². The number of nitrogens with zero attached hydrogens (tertiary/aromatic N) is 3. The van der Waals surface area contributed by atoms with Gasteiger partial charge in [0.05, 0.1) is 12.2 Å². The molecule has 0 spiro atoms. The van der Waals surface area contributed by atoms with Crippen LogP contribution in [0.5, 0.6) is 0 Å². The van der Waals surface area contributed by atoms with Gasteiger partial charge in [-0.05, 0) is 64.7 Å². The van der Waals surface area contributed by atoms with Crippen LogP contribution in [0.3, 0.4) is 0 Å². The van der Waals surface area contributed by atoms with E-state index in [9.17, 15) is 4.79 Å². The van der Waals surface area contributed by atoms with Crippen LogP contribution in [-0.4, -0.2) is 47.8 Å². The first-order valence-corrected chi connectivity index (χ1v) is 7.98. The molecule has 0 aliphatic carbocycles. The molecule has 0 fully saturated rings. The van der Waals surface area contributed by atoms with Crippen LogP contribution in [0.4, 0.5) is 0 Å². The first-order chi connectivity index (χ1) is 11.0. The van der Waals surface area contributed by atoms with Crippen molar-refractivity contribution < 1.29 is 4.79 Å². The van der Waals surface area contributed by atoms with Crippen molar-refractivity contribution in [3.8, 4) is 0 Å². The van der Waals surface area contributed by atoms with Crippen molar-refractivity contribution in [3.05, 3.63) is 52.8 Å². The highest BCUT2D eigenvalue weighted by atomic mass is 16.1. The van der Waals surface area contributed by atoms with Gasteiger partial charge in [0, 0.05) is 17.8 Å². The average molecular weight is 314 g/mol. The minimum absolute atomic E-state index is 0.0126. The molecule has 0 bridgehead atoms. The number of carbonyl (C=O) groups is 1. The molecule has 0 aliphatic heterocycles. The van der Waals surface area contributed by atoms with E-state index < -0.39 is 0 Å². The molecule has 0 unspecified atom stereocenters. The van der Waals surface area contributed by atoms with Crippen molar-refractivity contribution in [1.82, 2.24) is 20.0 Å². The van der Waals surface area contributed by atoms with Crippen LogP contribution >= 0.6 is 0 Å². The Bertz CT molecular complexity index is 644. The number of rotatable bonds is 7. The third-order valence-electron chi connectivity index (χ3n) is 3.72. The Morgan fingerprint density at radius 1 is 1.22 bits per heavy atom. The second-order valence-corrected chi connectivity index (χ2v) is 6.19. The molecular weight excluding hydrogens is 288 g/mol. The first kappa shape index (κ1) is 17.2. The third-order valence-corrected chi connectivity index (χ3v) is 3.72. The number of aromatic nitrogens is 2. The zero-order valence-electron chi connectivity index (χ0n) is 14.5. The lowest BCUT2D eigenvalue weighted by Crippen LogP contribution is -2.27. The number of hydrogen-bond acceptors (Lipinski definition) is 3. The molecule has 0 radical (unpaired) electrons. The van der Waals surface area contributed by atoms with Crippen LogP contribution in [0.1, 0.15) is 33.7 Å².